The molecule has 0 fully saturated rings. The van der Waals surface area contributed by atoms with Gasteiger partial charge in [0.15, 0.2) is 5.69 Å². The summed E-state index contributed by atoms with van der Waals surface area (Å²) in [5, 5.41) is 3.31. The first kappa shape index (κ1) is 12.5. The van der Waals surface area contributed by atoms with Crippen molar-refractivity contribution >= 4 is 5.97 Å². The average Bonchev–Trinajstić information content (AvgIpc) is 2.67. The van der Waals surface area contributed by atoms with Crippen molar-refractivity contribution in [3.05, 3.63) is 18.0 Å². The molecular formula is C9H11F3N2O2. The van der Waals surface area contributed by atoms with Crippen LogP contribution in [0.1, 0.15) is 25.1 Å². The maximum atomic E-state index is 12.3. The van der Waals surface area contributed by atoms with Crippen LogP contribution < -0.4 is 0 Å². The van der Waals surface area contributed by atoms with E-state index in [4.69, 9.17) is 0 Å². The number of nitrogens with zero attached hydrogens (tertiary/aromatic N) is 2. The van der Waals surface area contributed by atoms with Gasteiger partial charge in [0, 0.05) is 6.20 Å². The summed E-state index contributed by atoms with van der Waals surface area (Å²) in [5.41, 5.74) is -1.02. The highest BCUT2D eigenvalue weighted by Crippen LogP contribution is 2.28. The number of ether oxygens (including phenoxy) is 1. The van der Waals surface area contributed by atoms with Crippen molar-refractivity contribution in [1.82, 2.24) is 9.78 Å². The summed E-state index contributed by atoms with van der Waals surface area (Å²) in [5.74, 6) is -0.612. The minimum Gasteiger partial charge on any atom is -0.467 e. The molecule has 0 spiro atoms. The second-order valence-electron chi connectivity index (χ2n) is 3.13. The van der Waals surface area contributed by atoms with Gasteiger partial charge in [-0.25, -0.2) is 4.79 Å². The van der Waals surface area contributed by atoms with E-state index in [1.807, 2.05) is 0 Å². The number of carbonyl (C=O) groups excluding carboxylic acids is 1. The Kier molecular flexibility index (Phi) is 3.56. The molecule has 0 saturated carbocycles. The van der Waals surface area contributed by atoms with Crippen molar-refractivity contribution in [1.29, 1.82) is 0 Å². The molecule has 1 aromatic rings. The highest BCUT2D eigenvalue weighted by molar-refractivity contribution is 5.73. The third-order valence-electron chi connectivity index (χ3n) is 2.08. The molecule has 0 bridgehead atoms. The fourth-order valence-corrected chi connectivity index (χ4v) is 1.26. The predicted octanol–water partition coefficient (Wildman–Crippen LogP) is 2.03. The first-order valence-corrected chi connectivity index (χ1v) is 4.60. The fourth-order valence-electron chi connectivity index (χ4n) is 1.26. The average molecular weight is 236 g/mol. The standard InChI is InChI=1S/C9H11F3N2O2/c1-3-6(8(15)16-2)14-5-4-7(13-14)9(10,11)12/h4-6H,3H2,1-2H3. The Labute approximate surface area is 90.0 Å². The zero-order valence-electron chi connectivity index (χ0n) is 8.78. The lowest BCUT2D eigenvalue weighted by atomic mass is 10.2. The summed E-state index contributed by atoms with van der Waals surface area (Å²) >= 11 is 0. The van der Waals surface area contributed by atoms with E-state index in [9.17, 15) is 18.0 Å². The summed E-state index contributed by atoms with van der Waals surface area (Å²) in [6.45, 7) is 1.66. The topological polar surface area (TPSA) is 44.1 Å². The normalized spacial score (nSPS) is 13.6. The zero-order chi connectivity index (χ0) is 12.3. The van der Waals surface area contributed by atoms with Gasteiger partial charge in [-0.1, -0.05) is 6.92 Å². The molecule has 0 aliphatic rings. The van der Waals surface area contributed by atoms with Crippen LogP contribution in [0.5, 0.6) is 0 Å². The van der Waals surface area contributed by atoms with Crippen molar-refractivity contribution in [2.45, 2.75) is 25.6 Å². The van der Waals surface area contributed by atoms with E-state index in [1.165, 1.54) is 7.11 Å². The van der Waals surface area contributed by atoms with E-state index in [1.54, 1.807) is 6.92 Å². The van der Waals surface area contributed by atoms with Gasteiger partial charge in [-0.2, -0.15) is 18.3 Å². The van der Waals surface area contributed by atoms with Crippen LogP contribution in [0.15, 0.2) is 12.3 Å². The minimum atomic E-state index is -4.50. The molecule has 0 amide bonds. The molecule has 0 N–H and O–H groups in total. The van der Waals surface area contributed by atoms with E-state index >= 15 is 0 Å². The Bertz CT molecular complexity index is 373. The van der Waals surface area contributed by atoms with Crippen molar-refractivity contribution in [2.75, 3.05) is 7.11 Å². The Hall–Kier alpha value is -1.53. The number of carbonyl (C=O) groups is 1. The van der Waals surface area contributed by atoms with E-state index in [0.717, 1.165) is 16.9 Å². The lowest BCUT2D eigenvalue weighted by molar-refractivity contribution is -0.147. The summed E-state index contributed by atoms with van der Waals surface area (Å²) in [7, 11) is 1.18. The molecule has 0 aliphatic heterocycles. The Morgan fingerprint density at radius 3 is 2.62 bits per heavy atom. The van der Waals surface area contributed by atoms with Gasteiger partial charge in [0.2, 0.25) is 0 Å². The van der Waals surface area contributed by atoms with E-state index in [-0.39, 0.29) is 0 Å². The maximum Gasteiger partial charge on any atom is 0.435 e. The SMILES string of the molecule is CCC(C(=O)OC)n1ccc(C(F)(F)F)n1. The number of hydrogen-bond donors (Lipinski definition) is 0. The number of esters is 1. The molecule has 0 aromatic carbocycles. The minimum absolute atomic E-state index is 0.311. The molecule has 7 heteroatoms. The molecule has 16 heavy (non-hydrogen) atoms. The van der Waals surface area contributed by atoms with E-state index in [2.05, 4.69) is 9.84 Å². The third-order valence-corrected chi connectivity index (χ3v) is 2.08. The lowest BCUT2D eigenvalue weighted by Crippen LogP contribution is -2.21. The predicted molar refractivity (Wildman–Crippen MR) is 48.6 cm³/mol. The number of rotatable bonds is 3. The number of halogens is 3. The van der Waals surface area contributed by atoms with Crippen molar-refractivity contribution in [2.24, 2.45) is 0 Å². The Morgan fingerprint density at radius 1 is 1.62 bits per heavy atom. The zero-order valence-corrected chi connectivity index (χ0v) is 8.78. The van der Waals surface area contributed by atoms with Crippen LogP contribution in [0.25, 0.3) is 0 Å². The van der Waals surface area contributed by atoms with Gasteiger partial charge in [-0.15, -0.1) is 0 Å². The Balaban J connectivity index is 2.96. The van der Waals surface area contributed by atoms with Crippen LogP contribution in [0.2, 0.25) is 0 Å². The van der Waals surface area contributed by atoms with Gasteiger partial charge < -0.3 is 4.74 Å². The van der Waals surface area contributed by atoms with Crippen LogP contribution in [0.4, 0.5) is 13.2 Å². The van der Waals surface area contributed by atoms with Crippen molar-refractivity contribution < 1.29 is 22.7 Å². The number of alkyl halides is 3. The first-order valence-electron chi connectivity index (χ1n) is 4.60. The second-order valence-corrected chi connectivity index (χ2v) is 3.13. The van der Waals surface area contributed by atoms with Crippen molar-refractivity contribution in [3.8, 4) is 0 Å². The fraction of sp³-hybridized carbons (Fsp3) is 0.556. The van der Waals surface area contributed by atoms with Gasteiger partial charge in [0.1, 0.15) is 6.04 Å². The molecule has 1 heterocycles. The highest BCUT2D eigenvalue weighted by Gasteiger charge is 2.34. The van der Waals surface area contributed by atoms with Gasteiger partial charge in [-0.3, -0.25) is 4.68 Å². The quantitative estimate of drug-likeness (QED) is 0.754. The molecule has 1 rings (SSSR count). The van der Waals surface area contributed by atoms with Crippen LogP contribution in [0, 0.1) is 0 Å². The molecular weight excluding hydrogens is 225 g/mol. The molecule has 0 radical (unpaired) electrons. The summed E-state index contributed by atoms with van der Waals surface area (Å²) in [4.78, 5) is 11.2. The maximum absolute atomic E-state index is 12.3. The molecule has 1 unspecified atom stereocenters. The molecule has 90 valence electrons. The van der Waals surface area contributed by atoms with Crippen LogP contribution in [-0.4, -0.2) is 22.9 Å². The van der Waals surface area contributed by atoms with E-state index in [0.29, 0.717) is 6.42 Å². The summed E-state index contributed by atoms with van der Waals surface area (Å²) in [6.07, 6.45) is -3.07. The largest absolute Gasteiger partial charge is 0.467 e. The molecule has 4 nitrogen and oxygen atoms in total. The van der Waals surface area contributed by atoms with Crippen molar-refractivity contribution in [3.63, 3.8) is 0 Å². The lowest BCUT2D eigenvalue weighted by Gasteiger charge is -2.12. The van der Waals surface area contributed by atoms with Gasteiger partial charge >= 0.3 is 12.1 Å². The van der Waals surface area contributed by atoms with Crippen LogP contribution in [0.3, 0.4) is 0 Å². The van der Waals surface area contributed by atoms with Gasteiger partial charge in [-0.05, 0) is 12.5 Å². The van der Waals surface area contributed by atoms with Gasteiger partial charge in [0.25, 0.3) is 0 Å². The number of methoxy groups -OCH3 is 1. The van der Waals surface area contributed by atoms with Crippen LogP contribution in [-0.2, 0) is 15.7 Å². The second kappa shape index (κ2) is 4.54. The monoisotopic (exact) mass is 236 g/mol. The first-order chi connectivity index (χ1) is 7.40. The van der Waals surface area contributed by atoms with Gasteiger partial charge in [0.05, 0.1) is 7.11 Å². The summed E-state index contributed by atoms with van der Waals surface area (Å²) < 4.78 is 42.2. The molecule has 1 aromatic heterocycles. The number of hydrogen-bond acceptors (Lipinski definition) is 3. The molecule has 1 atom stereocenters. The smallest absolute Gasteiger partial charge is 0.435 e. The Morgan fingerprint density at radius 2 is 2.25 bits per heavy atom. The summed E-state index contributed by atoms with van der Waals surface area (Å²) in [6, 6.07) is 0.00657. The van der Waals surface area contributed by atoms with Crippen LogP contribution >= 0.6 is 0 Å². The molecule has 0 saturated heterocycles. The van der Waals surface area contributed by atoms with E-state index < -0.39 is 23.9 Å². The highest BCUT2D eigenvalue weighted by atomic mass is 19.4. The molecule has 0 aliphatic carbocycles. The number of aromatic nitrogens is 2. The third kappa shape index (κ3) is 2.53.